The number of piperidine rings is 1. The van der Waals surface area contributed by atoms with Crippen LogP contribution in [0.15, 0.2) is 18.2 Å². The lowest BCUT2D eigenvalue weighted by Crippen LogP contribution is -2.42. The number of nitro groups is 1. The van der Waals surface area contributed by atoms with Crippen molar-refractivity contribution in [2.45, 2.75) is 20.3 Å². The number of nitrogens with zero attached hydrogens (tertiary/aromatic N) is 3. The molecule has 0 radical (unpaired) electrons. The second-order valence-electron chi connectivity index (χ2n) is 7.88. The van der Waals surface area contributed by atoms with Gasteiger partial charge in [0.05, 0.1) is 23.7 Å². The fraction of sp³-hybridized carbons (Fsp3) is 0.600. The molecule has 9 nitrogen and oxygen atoms in total. The van der Waals surface area contributed by atoms with Crippen molar-refractivity contribution in [1.29, 1.82) is 0 Å². The van der Waals surface area contributed by atoms with Crippen molar-refractivity contribution in [3.8, 4) is 0 Å². The molecule has 9 heteroatoms. The lowest BCUT2D eigenvalue weighted by atomic mass is 9.91. The van der Waals surface area contributed by atoms with E-state index in [1.54, 1.807) is 11.0 Å². The normalized spacial score (nSPS) is 22.3. The van der Waals surface area contributed by atoms with Crippen molar-refractivity contribution < 1.29 is 24.0 Å². The molecular weight excluding hydrogens is 378 g/mol. The molecule has 158 valence electrons. The van der Waals surface area contributed by atoms with Crippen LogP contribution in [-0.4, -0.2) is 67.7 Å². The number of carbonyl (C=O) groups excluding carboxylic acids is 2. The highest BCUT2D eigenvalue weighted by molar-refractivity contribution is 5.93. The number of carbonyl (C=O) groups is 2. The first kappa shape index (κ1) is 21.0. The molecule has 2 fully saturated rings. The van der Waals surface area contributed by atoms with E-state index in [0.717, 1.165) is 19.5 Å². The fourth-order valence-corrected chi connectivity index (χ4v) is 4.04. The maximum absolute atomic E-state index is 12.3. The van der Waals surface area contributed by atoms with E-state index >= 15 is 0 Å². The van der Waals surface area contributed by atoms with Crippen molar-refractivity contribution in [3.05, 3.63) is 33.9 Å². The predicted molar refractivity (Wildman–Crippen MR) is 106 cm³/mol. The smallest absolute Gasteiger partial charge is 0.338 e. The number of ether oxygens (including phenoxy) is 2. The minimum absolute atomic E-state index is 0.0633. The molecule has 0 bridgehead atoms. The van der Waals surface area contributed by atoms with E-state index in [1.165, 1.54) is 12.1 Å². The van der Waals surface area contributed by atoms with Crippen molar-refractivity contribution in [3.63, 3.8) is 0 Å². The van der Waals surface area contributed by atoms with Crippen LogP contribution in [0, 0.1) is 22.0 Å². The van der Waals surface area contributed by atoms with E-state index < -0.39 is 17.5 Å². The number of hydrogen-bond acceptors (Lipinski definition) is 7. The average Bonchev–Trinajstić information content (AvgIpc) is 2.71. The highest BCUT2D eigenvalue weighted by Gasteiger charge is 2.28. The first-order valence-electron chi connectivity index (χ1n) is 9.91. The minimum atomic E-state index is -0.748. The van der Waals surface area contributed by atoms with Gasteiger partial charge in [0.25, 0.3) is 11.6 Å². The summed E-state index contributed by atoms with van der Waals surface area (Å²) in [5, 5.41) is 11.6. The van der Waals surface area contributed by atoms with E-state index in [1.807, 2.05) is 4.90 Å². The predicted octanol–water partition coefficient (Wildman–Crippen LogP) is 2.09. The molecule has 1 aromatic rings. The van der Waals surface area contributed by atoms with Gasteiger partial charge in [-0.3, -0.25) is 14.9 Å². The molecule has 2 atom stereocenters. The van der Waals surface area contributed by atoms with Crippen molar-refractivity contribution >= 4 is 23.3 Å². The zero-order chi connectivity index (χ0) is 21.0. The molecule has 0 saturated carbocycles. The van der Waals surface area contributed by atoms with Gasteiger partial charge in [0, 0.05) is 32.2 Å². The van der Waals surface area contributed by atoms with Crippen molar-refractivity contribution in [2.24, 2.45) is 11.8 Å². The first-order chi connectivity index (χ1) is 13.8. The summed E-state index contributed by atoms with van der Waals surface area (Å²) in [5.41, 5.74) is 0.447. The quantitative estimate of drug-likeness (QED) is 0.420. The lowest BCUT2D eigenvalue weighted by Gasteiger charge is -2.36. The van der Waals surface area contributed by atoms with Gasteiger partial charge in [-0.25, -0.2) is 4.79 Å². The van der Waals surface area contributed by atoms with Gasteiger partial charge in [0.15, 0.2) is 6.61 Å². The Morgan fingerprint density at radius 2 is 1.86 bits per heavy atom. The number of hydrogen-bond donors (Lipinski definition) is 0. The third-order valence-corrected chi connectivity index (χ3v) is 5.31. The van der Waals surface area contributed by atoms with Gasteiger partial charge in [-0.05, 0) is 30.4 Å². The molecule has 0 unspecified atom stereocenters. The largest absolute Gasteiger partial charge is 0.452 e. The van der Waals surface area contributed by atoms with Crippen LogP contribution in [0.3, 0.4) is 0 Å². The van der Waals surface area contributed by atoms with Crippen LogP contribution in [-0.2, 0) is 14.3 Å². The van der Waals surface area contributed by atoms with Crippen LogP contribution in [0.5, 0.6) is 0 Å². The highest BCUT2D eigenvalue weighted by atomic mass is 16.6. The maximum atomic E-state index is 12.3. The Balaban J connectivity index is 1.69. The first-order valence-corrected chi connectivity index (χ1v) is 9.91. The van der Waals surface area contributed by atoms with Gasteiger partial charge in [-0.15, -0.1) is 0 Å². The van der Waals surface area contributed by atoms with Crippen LogP contribution in [0.1, 0.15) is 30.6 Å². The Morgan fingerprint density at radius 1 is 1.21 bits per heavy atom. The van der Waals surface area contributed by atoms with E-state index in [0.29, 0.717) is 43.8 Å². The van der Waals surface area contributed by atoms with Crippen LogP contribution in [0.2, 0.25) is 0 Å². The van der Waals surface area contributed by atoms with Crippen molar-refractivity contribution in [1.82, 2.24) is 4.90 Å². The van der Waals surface area contributed by atoms with Crippen LogP contribution in [0.4, 0.5) is 11.4 Å². The zero-order valence-electron chi connectivity index (χ0n) is 16.8. The SMILES string of the molecule is C[C@@H]1C[C@H](C)CN(c2ccc(C(=O)OCC(=O)N3CCOCC3)cc2[N+](=O)[O-])C1. The summed E-state index contributed by atoms with van der Waals surface area (Å²) in [4.78, 5) is 39.2. The number of rotatable bonds is 5. The van der Waals surface area contributed by atoms with E-state index in [-0.39, 0.29) is 17.2 Å². The van der Waals surface area contributed by atoms with E-state index in [4.69, 9.17) is 9.47 Å². The summed E-state index contributed by atoms with van der Waals surface area (Å²) < 4.78 is 10.3. The second-order valence-corrected chi connectivity index (χ2v) is 7.88. The summed E-state index contributed by atoms with van der Waals surface area (Å²) in [6.07, 6.45) is 1.09. The number of anilines is 1. The Bertz CT molecular complexity index is 767. The van der Waals surface area contributed by atoms with Gasteiger partial charge in [-0.2, -0.15) is 0 Å². The summed E-state index contributed by atoms with van der Waals surface area (Å²) in [6, 6.07) is 4.36. The van der Waals surface area contributed by atoms with Crippen molar-refractivity contribution in [2.75, 3.05) is 50.9 Å². The molecule has 1 amide bonds. The number of esters is 1. The zero-order valence-corrected chi connectivity index (χ0v) is 16.8. The van der Waals surface area contributed by atoms with Crippen LogP contribution < -0.4 is 4.90 Å². The van der Waals surface area contributed by atoms with Crippen LogP contribution >= 0.6 is 0 Å². The molecule has 0 aliphatic carbocycles. The molecule has 0 N–H and O–H groups in total. The molecule has 2 aliphatic heterocycles. The summed E-state index contributed by atoms with van der Waals surface area (Å²) in [5.74, 6) is -0.172. The monoisotopic (exact) mass is 405 g/mol. The molecule has 2 saturated heterocycles. The fourth-order valence-electron chi connectivity index (χ4n) is 4.04. The minimum Gasteiger partial charge on any atom is -0.452 e. The molecule has 1 aromatic carbocycles. The molecular formula is C20H27N3O6. The number of nitro benzene ring substituents is 1. The summed E-state index contributed by atoms with van der Waals surface area (Å²) in [6.45, 7) is 7.19. The van der Waals surface area contributed by atoms with Crippen LogP contribution in [0.25, 0.3) is 0 Å². The molecule has 2 aliphatic rings. The maximum Gasteiger partial charge on any atom is 0.338 e. The topological polar surface area (TPSA) is 102 Å². The molecule has 0 aromatic heterocycles. The van der Waals surface area contributed by atoms with E-state index in [9.17, 15) is 19.7 Å². The van der Waals surface area contributed by atoms with Gasteiger partial charge in [0.2, 0.25) is 0 Å². The number of amides is 1. The lowest BCUT2D eigenvalue weighted by molar-refractivity contribution is -0.384. The average molecular weight is 405 g/mol. The molecule has 2 heterocycles. The Hall–Kier alpha value is -2.68. The summed E-state index contributed by atoms with van der Waals surface area (Å²) >= 11 is 0. The second kappa shape index (κ2) is 9.21. The molecule has 3 rings (SSSR count). The standard InChI is InChI=1S/C20H27N3O6/c1-14-9-15(2)12-22(11-14)17-4-3-16(10-18(17)23(26)27)20(25)29-13-19(24)21-5-7-28-8-6-21/h3-4,10,14-15H,5-9,11-13H2,1-2H3/t14-,15+. The summed E-state index contributed by atoms with van der Waals surface area (Å²) in [7, 11) is 0. The van der Waals surface area contributed by atoms with E-state index in [2.05, 4.69) is 13.8 Å². The van der Waals surface area contributed by atoms with Gasteiger partial charge in [0.1, 0.15) is 5.69 Å². The Morgan fingerprint density at radius 3 is 2.48 bits per heavy atom. The van der Waals surface area contributed by atoms with Gasteiger partial charge in [-0.1, -0.05) is 13.8 Å². The molecule has 0 spiro atoms. The third kappa shape index (κ3) is 5.23. The van der Waals surface area contributed by atoms with Gasteiger partial charge < -0.3 is 19.3 Å². The highest BCUT2D eigenvalue weighted by Crippen LogP contribution is 2.34. The van der Waals surface area contributed by atoms with Gasteiger partial charge >= 0.3 is 5.97 Å². The Labute approximate surface area is 169 Å². The number of benzene rings is 1. The third-order valence-electron chi connectivity index (χ3n) is 5.31. The number of morpholine rings is 1. The molecule has 29 heavy (non-hydrogen) atoms. The Kier molecular flexibility index (Phi) is 6.68.